The van der Waals surface area contributed by atoms with Crippen molar-refractivity contribution in [1.29, 1.82) is 0 Å². The van der Waals surface area contributed by atoms with Gasteiger partial charge < -0.3 is 4.74 Å². The van der Waals surface area contributed by atoms with Crippen LogP contribution in [0.2, 0.25) is 0 Å². The molecule has 0 aliphatic carbocycles. The Balaban J connectivity index is 1.50. The van der Waals surface area contributed by atoms with Crippen molar-refractivity contribution in [2.24, 2.45) is 0 Å². The lowest BCUT2D eigenvalue weighted by Gasteiger charge is -2.08. The van der Waals surface area contributed by atoms with Crippen LogP contribution >= 0.6 is 0 Å². The number of aromatic nitrogens is 4. The van der Waals surface area contributed by atoms with Gasteiger partial charge in [0, 0.05) is 6.07 Å². The van der Waals surface area contributed by atoms with E-state index in [1.165, 1.54) is 9.91 Å². The molecule has 0 spiro atoms. The van der Waals surface area contributed by atoms with E-state index >= 15 is 0 Å². The van der Waals surface area contributed by atoms with Crippen LogP contribution < -0.4 is 10.5 Å². The quantitative estimate of drug-likeness (QED) is 0.416. The summed E-state index contributed by atoms with van der Waals surface area (Å²) < 4.78 is 4.75. The van der Waals surface area contributed by atoms with Gasteiger partial charge in [-0.25, -0.2) is 15.4 Å². The molecule has 138 valence electrons. The molecule has 4 rings (SSSR count). The fraction of sp³-hybridized carbons (Fsp3) is 0.278. The molecule has 0 atom stereocenters. The van der Waals surface area contributed by atoms with E-state index in [4.69, 9.17) is 4.74 Å². The second-order valence-electron chi connectivity index (χ2n) is 6.21. The number of carbonyl (C=O) groups is 2. The number of rotatable bonds is 5. The number of amides is 1. The van der Waals surface area contributed by atoms with Gasteiger partial charge in [0.25, 0.3) is 5.91 Å². The van der Waals surface area contributed by atoms with Crippen LogP contribution in [0.4, 0.5) is 5.82 Å². The Bertz CT molecular complexity index is 1050. The summed E-state index contributed by atoms with van der Waals surface area (Å²) in [5.41, 5.74) is 7.50. The number of carbonyl (C=O) groups excluding carboxylic acids is 2. The molecule has 1 amide bonds. The summed E-state index contributed by atoms with van der Waals surface area (Å²) in [4.78, 5) is 34.0. The highest BCUT2D eigenvalue weighted by Gasteiger charge is 2.35. The number of hydrogen-bond donors (Lipinski definition) is 1. The third kappa shape index (κ3) is 3.07. The number of hydrazine groups is 1. The third-order valence-electron chi connectivity index (χ3n) is 4.19. The van der Waals surface area contributed by atoms with Crippen molar-refractivity contribution in [3.63, 3.8) is 0 Å². The van der Waals surface area contributed by atoms with E-state index in [0.717, 1.165) is 22.3 Å². The number of anilines is 1. The molecular weight excluding hydrogens is 348 g/mol. The number of aryl methyl sites for hydroxylation is 2. The first kappa shape index (κ1) is 17.0. The maximum Gasteiger partial charge on any atom is 0.315 e. The van der Waals surface area contributed by atoms with Crippen LogP contribution in [-0.2, 0) is 14.3 Å². The first-order valence-electron chi connectivity index (χ1n) is 8.58. The minimum absolute atomic E-state index is 0.242. The molecule has 1 N–H and O–H groups in total. The molecule has 2 aromatic heterocycles. The Labute approximate surface area is 154 Å². The second-order valence-corrected chi connectivity index (χ2v) is 6.21. The van der Waals surface area contributed by atoms with Gasteiger partial charge in [-0.2, -0.15) is 0 Å². The largest absolute Gasteiger partial charge is 0.466 e. The van der Waals surface area contributed by atoms with Crippen LogP contribution in [0.3, 0.4) is 0 Å². The van der Waals surface area contributed by atoms with Crippen molar-refractivity contribution in [2.45, 2.75) is 27.2 Å². The Kier molecular flexibility index (Phi) is 3.98. The first-order valence-corrected chi connectivity index (χ1v) is 8.58. The van der Waals surface area contributed by atoms with E-state index in [9.17, 15) is 9.59 Å². The molecule has 3 aromatic rings. The van der Waals surface area contributed by atoms with Crippen molar-refractivity contribution < 1.29 is 14.3 Å². The van der Waals surface area contributed by atoms with E-state index in [0.29, 0.717) is 17.2 Å². The molecule has 27 heavy (non-hydrogen) atoms. The summed E-state index contributed by atoms with van der Waals surface area (Å²) >= 11 is 0. The molecule has 1 aliphatic rings. The van der Waals surface area contributed by atoms with Crippen LogP contribution in [0, 0.1) is 13.8 Å². The molecule has 0 bridgehead atoms. The fourth-order valence-electron chi connectivity index (χ4n) is 2.88. The van der Waals surface area contributed by atoms with Crippen molar-refractivity contribution in [3.05, 3.63) is 35.5 Å². The molecule has 0 fully saturated rings. The number of benzene rings is 1. The lowest BCUT2D eigenvalue weighted by atomic mass is 10.1. The number of hydrogen-bond acceptors (Lipinski definition) is 7. The Morgan fingerprint density at radius 3 is 2.74 bits per heavy atom. The number of esters is 1. The average molecular weight is 366 g/mol. The Morgan fingerprint density at radius 1 is 1.22 bits per heavy atom. The van der Waals surface area contributed by atoms with Crippen LogP contribution in [0.15, 0.2) is 24.3 Å². The smallest absolute Gasteiger partial charge is 0.315 e. The van der Waals surface area contributed by atoms with E-state index in [1.54, 1.807) is 6.92 Å². The predicted molar refractivity (Wildman–Crippen MR) is 97.5 cm³/mol. The standard InChI is InChI=1S/C18H18N6O3/c1-4-27-16(26)9-14(25)22-24-15-8-13(21-23(15)24)18-11(3)19-17-10(2)6-5-7-12(17)20-18/h5-8H,4,9H2,1-3H3,(H,22,25). The van der Waals surface area contributed by atoms with E-state index in [1.807, 2.05) is 38.1 Å². The first-order chi connectivity index (χ1) is 13.0. The lowest BCUT2D eigenvalue weighted by molar-refractivity contribution is -0.145. The molecule has 9 nitrogen and oxygen atoms in total. The summed E-state index contributed by atoms with van der Waals surface area (Å²) in [6.45, 7) is 5.83. The third-order valence-corrected chi connectivity index (χ3v) is 4.19. The van der Waals surface area contributed by atoms with Crippen LogP contribution in [-0.4, -0.2) is 38.3 Å². The molecule has 9 heteroatoms. The van der Waals surface area contributed by atoms with Crippen LogP contribution in [0.1, 0.15) is 24.6 Å². The minimum Gasteiger partial charge on any atom is -0.466 e. The summed E-state index contributed by atoms with van der Waals surface area (Å²) in [7, 11) is 0. The van der Waals surface area contributed by atoms with Gasteiger partial charge >= 0.3 is 5.97 Å². The van der Waals surface area contributed by atoms with Crippen molar-refractivity contribution in [3.8, 4) is 11.4 Å². The molecule has 3 heterocycles. The summed E-state index contributed by atoms with van der Waals surface area (Å²) in [6.07, 6.45) is -0.337. The van der Waals surface area contributed by atoms with Gasteiger partial charge in [-0.05, 0) is 32.4 Å². The molecule has 0 saturated heterocycles. The van der Waals surface area contributed by atoms with Gasteiger partial charge in [0.2, 0.25) is 0 Å². The van der Waals surface area contributed by atoms with Crippen molar-refractivity contribution >= 4 is 28.7 Å². The number of nitrogens with zero attached hydrogens (tertiary/aromatic N) is 5. The lowest BCUT2D eigenvalue weighted by Crippen LogP contribution is -2.36. The van der Waals surface area contributed by atoms with Gasteiger partial charge in [0.15, 0.2) is 5.82 Å². The highest BCUT2D eigenvalue weighted by atomic mass is 16.5. The van der Waals surface area contributed by atoms with Gasteiger partial charge in [0.05, 0.1) is 23.3 Å². The van der Waals surface area contributed by atoms with Crippen LogP contribution in [0.5, 0.6) is 0 Å². The zero-order valence-corrected chi connectivity index (χ0v) is 15.2. The number of ether oxygens (including phenoxy) is 1. The number of para-hydroxylation sites is 1. The highest BCUT2D eigenvalue weighted by Crippen LogP contribution is 2.33. The van der Waals surface area contributed by atoms with Crippen LogP contribution in [0.25, 0.3) is 22.4 Å². The summed E-state index contributed by atoms with van der Waals surface area (Å²) in [6, 6.07) is 7.68. The molecule has 0 unspecified atom stereocenters. The van der Waals surface area contributed by atoms with E-state index < -0.39 is 11.9 Å². The molecular formula is C18H18N6O3. The molecule has 0 saturated carbocycles. The van der Waals surface area contributed by atoms with Gasteiger partial charge in [0.1, 0.15) is 17.8 Å². The summed E-state index contributed by atoms with van der Waals surface area (Å²) in [5.74, 6) is -0.321. The molecule has 1 aliphatic heterocycles. The maximum atomic E-state index is 11.8. The monoisotopic (exact) mass is 366 g/mol. The highest BCUT2D eigenvalue weighted by molar-refractivity contribution is 5.95. The average Bonchev–Trinajstić information content (AvgIpc) is 3.05. The SMILES string of the molecule is CCOC(=O)CC(=O)NN1c2cc(-c3nc4cccc(C)c4nc3C)nn21. The van der Waals surface area contributed by atoms with Gasteiger partial charge in [-0.1, -0.05) is 12.1 Å². The normalized spacial score (nSPS) is 12.0. The van der Waals surface area contributed by atoms with Gasteiger partial charge in [-0.15, -0.1) is 15.0 Å². The zero-order valence-electron chi connectivity index (χ0n) is 15.2. The maximum absolute atomic E-state index is 11.8. The van der Waals surface area contributed by atoms with Gasteiger partial charge in [-0.3, -0.25) is 9.59 Å². The van der Waals surface area contributed by atoms with Crippen molar-refractivity contribution in [2.75, 3.05) is 11.7 Å². The van der Waals surface area contributed by atoms with Crippen molar-refractivity contribution in [1.82, 2.24) is 25.3 Å². The Morgan fingerprint density at radius 2 is 2.04 bits per heavy atom. The topological polar surface area (TPSA) is 102 Å². The molecule has 0 radical (unpaired) electrons. The summed E-state index contributed by atoms with van der Waals surface area (Å²) in [5, 5.41) is 5.88. The fourth-order valence-corrected chi connectivity index (χ4v) is 2.88. The second kappa shape index (κ2) is 6.35. The Hall–Kier alpha value is -3.49. The zero-order chi connectivity index (χ0) is 19.1. The van der Waals surface area contributed by atoms with E-state index in [2.05, 4.69) is 20.5 Å². The number of fused-ring (bicyclic) bond motifs is 2. The predicted octanol–water partition coefficient (Wildman–Crippen LogP) is 1.68. The molecule has 1 aromatic carbocycles. The minimum atomic E-state index is -0.562. The number of nitrogens with one attached hydrogen (secondary N) is 1. The van der Waals surface area contributed by atoms with E-state index in [-0.39, 0.29) is 13.0 Å².